The van der Waals surface area contributed by atoms with Gasteiger partial charge in [-0.2, -0.15) is 0 Å². The number of piperidine rings is 1. The molecule has 0 bridgehead atoms. The van der Waals surface area contributed by atoms with Crippen LogP contribution in [0.25, 0.3) is 11.1 Å². The van der Waals surface area contributed by atoms with Crippen molar-refractivity contribution in [3.8, 4) is 16.9 Å². The van der Waals surface area contributed by atoms with Gasteiger partial charge in [0.15, 0.2) is 5.44 Å². The number of aromatic nitrogens is 2. The molecule has 1 aromatic heterocycles. The van der Waals surface area contributed by atoms with Crippen molar-refractivity contribution in [2.45, 2.75) is 24.3 Å². The van der Waals surface area contributed by atoms with Crippen molar-refractivity contribution in [1.29, 1.82) is 0 Å². The summed E-state index contributed by atoms with van der Waals surface area (Å²) < 4.78 is 6.27. The Morgan fingerprint density at radius 3 is 2.57 bits per heavy atom. The molecule has 0 radical (unpaired) electrons. The number of fused-ring (bicyclic) bond motifs is 1. The molecule has 5 rings (SSSR count). The van der Waals surface area contributed by atoms with E-state index in [1.807, 2.05) is 30.5 Å². The highest BCUT2D eigenvalue weighted by atomic mass is 32.2. The van der Waals surface area contributed by atoms with Crippen molar-refractivity contribution < 1.29 is 23.9 Å². The highest BCUT2D eigenvalue weighted by Crippen LogP contribution is 2.38. The third-order valence-corrected chi connectivity index (χ3v) is 6.70. The van der Waals surface area contributed by atoms with Crippen LogP contribution in [-0.4, -0.2) is 50.8 Å². The number of hydrogen-bond donors (Lipinski definition) is 1. The van der Waals surface area contributed by atoms with Crippen LogP contribution in [0.4, 0.5) is 0 Å². The third-order valence-electron chi connectivity index (χ3n) is 5.93. The number of imide groups is 2. The summed E-state index contributed by atoms with van der Waals surface area (Å²) in [5.41, 5.74) is 2.21. The summed E-state index contributed by atoms with van der Waals surface area (Å²) in [6, 6.07) is 13.2. The van der Waals surface area contributed by atoms with Crippen LogP contribution in [0, 0.1) is 0 Å². The van der Waals surface area contributed by atoms with E-state index in [4.69, 9.17) is 4.74 Å². The number of thioether (sulfide) groups is 1. The van der Waals surface area contributed by atoms with Gasteiger partial charge in [0.25, 0.3) is 11.8 Å². The number of carbonyl (C=O) groups is 4. The molecule has 0 spiro atoms. The first-order valence-corrected chi connectivity index (χ1v) is 12.2. The molecule has 4 amide bonds. The lowest BCUT2D eigenvalue weighted by atomic mass is 9.99. The molecule has 1 N–H and O–H groups in total. The van der Waals surface area contributed by atoms with E-state index in [0.717, 1.165) is 16.2 Å². The van der Waals surface area contributed by atoms with Gasteiger partial charge in [-0.3, -0.25) is 29.4 Å². The minimum atomic E-state index is -1.01. The molecule has 2 aliphatic rings. The van der Waals surface area contributed by atoms with E-state index in [-0.39, 0.29) is 29.4 Å². The molecule has 176 valence electrons. The molecule has 3 heterocycles. The molecule has 2 aliphatic heterocycles. The lowest BCUT2D eigenvalue weighted by molar-refractivity contribution is -0.136. The lowest BCUT2D eigenvalue weighted by Gasteiger charge is -2.27. The Morgan fingerprint density at radius 2 is 1.83 bits per heavy atom. The van der Waals surface area contributed by atoms with Crippen LogP contribution in [0.1, 0.15) is 44.7 Å². The van der Waals surface area contributed by atoms with Gasteiger partial charge in [0.05, 0.1) is 16.8 Å². The molecular formula is C25H20N4O5S. The second-order valence-corrected chi connectivity index (χ2v) is 8.92. The monoisotopic (exact) mass is 488 g/mol. The number of para-hydroxylation sites is 1. The van der Waals surface area contributed by atoms with E-state index in [1.54, 1.807) is 30.5 Å². The summed E-state index contributed by atoms with van der Waals surface area (Å²) in [6.45, 7) is 0. The summed E-state index contributed by atoms with van der Waals surface area (Å²) >= 11 is 1.48. The molecular weight excluding hydrogens is 468 g/mol. The number of ether oxygens (including phenoxy) is 1. The molecule has 2 aromatic carbocycles. The van der Waals surface area contributed by atoms with Gasteiger partial charge < -0.3 is 4.74 Å². The predicted octanol–water partition coefficient (Wildman–Crippen LogP) is 2.99. The normalized spacial score (nSPS) is 18.3. The minimum absolute atomic E-state index is 0.0721. The van der Waals surface area contributed by atoms with E-state index in [1.165, 1.54) is 18.1 Å². The van der Waals surface area contributed by atoms with Gasteiger partial charge in [0.2, 0.25) is 11.8 Å². The molecule has 0 aliphatic carbocycles. The van der Waals surface area contributed by atoms with Gasteiger partial charge >= 0.3 is 0 Å². The Balaban J connectivity index is 1.46. The standard InChI is InChI=1S/C25H20N4O5S/c1-35-25(18-10-11-26-13-27-18)34-20-5-3-2-4-15(20)14-6-7-16-17(12-14)24(33)29(23(16)32)19-8-9-21(30)28-22(19)31/h2-7,10-13,19,25H,8-9H2,1H3,(H,28,30,31). The van der Waals surface area contributed by atoms with Crippen LogP contribution >= 0.6 is 11.8 Å². The van der Waals surface area contributed by atoms with Crippen LogP contribution in [-0.2, 0) is 9.59 Å². The highest BCUT2D eigenvalue weighted by molar-refractivity contribution is 7.98. The molecule has 2 unspecified atom stereocenters. The van der Waals surface area contributed by atoms with Crippen molar-refractivity contribution in [2.75, 3.05) is 6.26 Å². The molecule has 1 fully saturated rings. The van der Waals surface area contributed by atoms with Crippen molar-refractivity contribution in [3.05, 3.63) is 77.9 Å². The van der Waals surface area contributed by atoms with Crippen LogP contribution < -0.4 is 10.1 Å². The second kappa shape index (κ2) is 9.30. The average Bonchev–Trinajstić information content (AvgIpc) is 3.12. The number of carbonyl (C=O) groups excluding carboxylic acids is 4. The number of nitrogens with zero attached hydrogens (tertiary/aromatic N) is 3. The largest absolute Gasteiger partial charge is 0.473 e. The summed E-state index contributed by atoms with van der Waals surface area (Å²) in [4.78, 5) is 59.2. The van der Waals surface area contributed by atoms with Gasteiger partial charge in [-0.25, -0.2) is 9.97 Å². The quantitative estimate of drug-likeness (QED) is 0.416. The van der Waals surface area contributed by atoms with Crippen LogP contribution in [0.2, 0.25) is 0 Å². The number of nitrogens with one attached hydrogen (secondary N) is 1. The fourth-order valence-corrected chi connectivity index (χ4v) is 4.81. The van der Waals surface area contributed by atoms with Gasteiger partial charge in [-0.15, -0.1) is 11.8 Å². The molecule has 35 heavy (non-hydrogen) atoms. The van der Waals surface area contributed by atoms with Gasteiger partial charge in [-0.1, -0.05) is 24.3 Å². The van der Waals surface area contributed by atoms with Crippen molar-refractivity contribution >= 4 is 35.4 Å². The first-order chi connectivity index (χ1) is 17.0. The van der Waals surface area contributed by atoms with Crippen molar-refractivity contribution in [1.82, 2.24) is 20.2 Å². The Bertz CT molecular complexity index is 1350. The van der Waals surface area contributed by atoms with Crippen molar-refractivity contribution in [2.24, 2.45) is 0 Å². The van der Waals surface area contributed by atoms with Gasteiger partial charge in [0, 0.05) is 18.2 Å². The maximum atomic E-state index is 13.2. The fourth-order valence-electron chi connectivity index (χ4n) is 4.23. The topological polar surface area (TPSA) is 119 Å². The van der Waals surface area contributed by atoms with Crippen LogP contribution in [0.3, 0.4) is 0 Å². The molecule has 0 saturated carbocycles. The summed E-state index contributed by atoms with van der Waals surface area (Å²) in [7, 11) is 0. The summed E-state index contributed by atoms with van der Waals surface area (Å²) in [5, 5.41) is 2.20. The summed E-state index contributed by atoms with van der Waals surface area (Å²) in [5.74, 6) is -1.55. The fraction of sp³-hybridized carbons (Fsp3) is 0.200. The smallest absolute Gasteiger partial charge is 0.262 e. The molecule has 10 heteroatoms. The third kappa shape index (κ3) is 4.17. The average molecular weight is 489 g/mol. The molecule has 9 nitrogen and oxygen atoms in total. The zero-order valence-corrected chi connectivity index (χ0v) is 19.5. The SMILES string of the molecule is CSC(Oc1ccccc1-c1ccc2c(c1)C(=O)N(C1CCC(=O)NC1=O)C2=O)c1ccncn1. The number of amides is 4. The first-order valence-electron chi connectivity index (χ1n) is 10.9. The molecule has 3 aromatic rings. The Hall–Kier alpha value is -4.05. The lowest BCUT2D eigenvalue weighted by Crippen LogP contribution is -2.54. The van der Waals surface area contributed by atoms with E-state index in [9.17, 15) is 19.2 Å². The zero-order chi connectivity index (χ0) is 24.5. The number of rotatable bonds is 6. The maximum Gasteiger partial charge on any atom is 0.262 e. The van der Waals surface area contributed by atoms with Crippen molar-refractivity contribution in [3.63, 3.8) is 0 Å². The Kier molecular flexibility index (Phi) is 6.04. The summed E-state index contributed by atoms with van der Waals surface area (Å²) in [6.07, 6.45) is 5.21. The molecule has 1 saturated heterocycles. The highest BCUT2D eigenvalue weighted by Gasteiger charge is 2.44. The van der Waals surface area contributed by atoms with Crippen LogP contribution in [0.5, 0.6) is 5.75 Å². The maximum absolute atomic E-state index is 13.2. The van der Waals surface area contributed by atoms with E-state index in [0.29, 0.717) is 11.3 Å². The number of hydrogen-bond acceptors (Lipinski definition) is 8. The predicted molar refractivity (Wildman–Crippen MR) is 127 cm³/mol. The Morgan fingerprint density at radius 1 is 1.03 bits per heavy atom. The first kappa shape index (κ1) is 22.7. The zero-order valence-electron chi connectivity index (χ0n) is 18.6. The van der Waals surface area contributed by atoms with Gasteiger partial charge in [-0.05, 0) is 42.5 Å². The van der Waals surface area contributed by atoms with E-state index >= 15 is 0 Å². The van der Waals surface area contributed by atoms with Crippen LogP contribution in [0.15, 0.2) is 61.1 Å². The van der Waals surface area contributed by atoms with E-state index < -0.39 is 29.7 Å². The Labute approximate surface area is 204 Å². The van der Waals surface area contributed by atoms with E-state index in [2.05, 4.69) is 15.3 Å². The second-order valence-electron chi connectivity index (χ2n) is 8.02. The molecule has 2 atom stereocenters. The minimum Gasteiger partial charge on any atom is -0.473 e. The number of benzene rings is 2. The van der Waals surface area contributed by atoms with Gasteiger partial charge in [0.1, 0.15) is 18.1 Å².